The topological polar surface area (TPSA) is 98.3 Å². The highest BCUT2D eigenvalue weighted by atomic mass is 19.4. The van der Waals surface area contributed by atoms with Crippen LogP contribution in [0.15, 0.2) is 58.1 Å². The van der Waals surface area contributed by atoms with E-state index in [0.29, 0.717) is 11.1 Å². The third-order valence-electron chi connectivity index (χ3n) is 4.68. The minimum absolute atomic E-state index is 0.0365. The first-order valence-corrected chi connectivity index (χ1v) is 8.87. The molecule has 1 aromatic heterocycles. The largest absolute Gasteiger partial charge is 0.508 e. The van der Waals surface area contributed by atoms with Crippen molar-refractivity contribution in [3.05, 3.63) is 74.5 Å². The van der Waals surface area contributed by atoms with Crippen LogP contribution in [0, 0.1) is 0 Å². The SMILES string of the molecule is C[C@H](Nc1c(N(c2nc3ccccc3[nH]2)C(F)(F)F)c(=O)c1=O)c1cccc(O)c1. The van der Waals surface area contributed by atoms with Crippen molar-refractivity contribution in [1.82, 2.24) is 9.97 Å². The Morgan fingerprint density at radius 3 is 2.50 bits per heavy atom. The summed E-state index contributed by atoms with van der Waals surface area (Å²) in [6.45, 7) is 1.59. The molecule has 30 heavy (non-hydrogen) atoms. The molecule has 3 aromatic carbocycles. The number of hydrogen-bond acceptors (Lipinski definition) is 6. The zero-order valence-electron chi connectivity index (χ0n) is 15.5. The molecule has 0 saturated heterocycles. The first-order valence-electron chi connectivity index (χ1n) is 8.87. The number of rotatable bonds is 5. The molecule has 0 unspecified atom stereocenters. The number of anilines is 3. The van der Waals surface area contributed by atoms with Crippen LogP contribution in [-0.4, -0.2) is 21.4 Å². The molecule has 1 heterocycles. The van der Waals surface area contributed by atoms with Crippen LogP contribution < -0.4 is 21.1 Å². The minimum atomic E-state index is -5.01. The molecule has 0 aliphatic rings. The van der Waals surface area contributed by atoms with E-state index in [1.54, 1.807) is 37.3 Å². The zero-order chi connectivity index (χ0) is 21.6. The highest BCUT2D eigenvalue weighted by molar-refractivity contribution is 5.83. The summed E-state index contributed by atoms with van der Waals surface area (Å²) < 4.78 is 41.7. The van der Waals surface area contributed by atoms with Gasteiger partial charge in [0.05, 0.1) is 11.0 Å². The maximum Gasteiger partial charge on any atom is 0.491 e. The van der Waals surface area contributed by atoms with E-state index in [0.717, 1.165) is 0 Å². The fourth-order valence-electron chi connectivity index (χ4n) is 3.22. The maximum atomic E-state index is 13.9. The predicted octanol–water partition coefficient (Wildman–Crippen LogP) is 3.70. The van der Waals surface area contributed by atoms with Gasteiger partial charge in [-0.25, -0.2) is 9.88 Å². The van der Waals surface area contributed by atoms with Crippen LogP contribution in [0.4, 0.5) is 30.5 Å². The van der Waals surface area contributed by atoms with Gasteiger partial charge in [-0.15, -0.1) is 13.2 Å². The van der Waals surface area contributed by atoms with Gasteiger partial charge in [-0.1, -0.05) is 24.3 Å². The molecule has 0 fully saturated rings. The molecule has 4 aromatic rings. The standard InChI is InChI=1S/C20H15F3N4O3/c1-10(11-5-4-6-12(28)9-11)24-15-16(18(30)17(15)29)27(20(21,22)23)19-25-13-7-2-3-8-14(13)26-19/h2-10,24,28H,1H3,(H,25,26)/t10-/m0/s1. The van der Waals surface area contributed by atoms with E-state index in [2.05, 4.69) is 15.3 Å². The summed E-state index contributed by atoms with van der Waals surface area (Å²) in [7, 11) is 0. The van der Waals surface area contributed by atoms with Crippen LogP contribution in [0.1, 0.15) is 18.5 Å². The summed E-state index contributed by atoms with van der Waals surface area (Å²) >= 11 is 0. The van der Waals surface area contributed by atoms with E-state index >= 15 is 0 Å². The Kier molecular flexibility index (Phi) is 4.49. The van der Waals surface area contributed by atoms with Crippen LogP contribution in [0.5, 0.6) is 5.75 Å². The van der Waals surface area contributed by atoms with Gasteiger partial charge in [0.2, 0.25) is 5.95 Å². The first-order chi connectivity index (χ1) is 14.2. The summed E-state index contributed by atoms with van der Waals surface area (Å²) in [4.78, 5) is 30.5. The van der Waals surface area contributed by atoms with Crippen LogP contribution in [-0.2, 0) is 0 Å². The number of para-hydroxylation sites is 2. The van der Waals surface area contributed by atoms with Crippen LogP contribution in [0.2, 0.25) is 0 Å². The number of H-pyrrole nitrogens is 1. The zero-order valence-corrected chi connectivity index (χ0v) is 15.5. The summed E-state index contributed by atoms with van der Waals surface area (Å²) in [5, 5.41) is 12.3. The second kappa shape index (κ2) is 6.90. The molecular weight excluding hydrogens is 401 g/mol. The van der Waals surface area contributed by atoms with Crippen LogP contribution in [0.3, 0.4) is 0 Å². The lowest BCUT2D eigenvalue weighted by molar-refractivity contribution is -0.121. The van der Waals surface area contributed by atoms with E-state index in [1.165, 1.54) is 18.2 Å². The van der Waals surface area contributed by atoms with Gasteiger partial charge in [0, 0.05) is 6.04 Å². The highest BCUT2D eigenvalue weighted by Crippen LogP contribution is 2.38. The van der Waals surface area contributed by atoms with E-state index in [9.17, 15) is 27.9 Å². The smallest absolute Gasteiger partial charge is 0.491 e. The average molecular weight is 416 g/mol. The van der Waals surface area contributed by atoms with Gasteiger partial charge >= 0.3 is 6.30 Å². The Morgan fingerprint density at radius 2 is 1.83 bits per heavy atom. The molecule has 7 nitrogen and oxygen atoms in total. The lowest BCUT2D eigenvalue weighted by Crippen LogP contribution is -2.46. The number of nitrogens with one attached hydrogen (secondary N) is 2. The van der Waals surface area contributed by atoms with E-state index in [1.807, 2.05) is 0 Å². The minimum Gasteiger partial charge on any atom is -0.508 e. The summed E-state index contributed by atoms with van der Waals surface area (Å²) in [6.07, 6.45) is -5.01. The van der Waals surface area contributed by atoms with Crippen molar-refractivity contribution >= 4 is 28.4 Å². The number of phenols is 1. The normalized spacial score (nSPS) is 12.9. The van der Waals surface area contributed by atoms with Gasteiger partial charge in [0.25, 0.3) is 10.9 Å². The lowest BCUT2D eigenvalue weighted by Gasteiger charge is -2.28. The quantitative estimate of drug-likeness (QED) is 0.339. The molecule has 0 radical (unpaired) electrons. The number of fused-ring (bicyclic) bond motifs is 1. The van der Waals surface area contributed by atoms with Gasteiger partial charge < -0.3 is 15.4 Å². The molecular formula is C20H15F3N4O3. The summed E-state index contributed by atoms with van der Waals surface area (Å²) in [5.41, 5.74) is -2.46. The van der Waals surface area contributed by atoms with Crippen LogP contribution >= 0.6 is 0 Å². The third kappa shape index (κ3) is 3.25. The van der Waals surface area contributed by atoms with Crippen molar-refractivity contribution in [2.45, 2.75) is 19.3 Å². The van der Waals surface area contributed by atoms with Crippen molar-refractivity contribution in [1.29, 1.82) is 0 Å². The monoisotopic (exact) mass is 416 g/mol. The van der Waals surface area contributed by atoms with Gasteiger partial charge in [-0.05, 0) is 36.8 Å². The summed E-state index contributed by atoms with van der Waals surface area (Å²) in [6, 6.07) is 11.7. The van der Waals surface area contributed by atoms with Crippen molar-refractivity contribution in [3.8, 4) is 5.75 Å². The van der Waals surface area contributed by atoms with Gasteiger partial charge in [-0.2, -0.15) is 0 Å². The molecule has 0 aliphatic carbocycles. The molecule has 0 spiro atoms. The second-order valence-electron chi connectivity index (χ2n) is 6.72. The molecule has 0 amide bonds. The number of aromatic amines is 1. The van der Waals surface area contributed by atoms with Gasteiger partial charge in [0.1, 0.15) is 17.1 Å². The fourth-order valence-corrected chi connectivity index (χ4v) is 3.22. The molecule has 0 bridgehead atoms. The lowest BCUT2D eigenvalue weighted by atomic mass is 10.1. The molecule has 3 N–H and O–H groups in total. The predicted molar refractivity (Wildman–Crippen MR) is 106 cm³/mol. The molecule has 4 rings (SSSR count). The number of aromatic hydroxyl groups is 1. The molecule has 1 atom stereocenters. The summed E-state index contributed by atoms with van der Waals surface area (Å²) in [5.74, 6) is -0.658. The van der Waals surface area contributed by atoms with Crippen LogP contribution in [0.25, 0.3) is 11.0 Å². The van der Waals surface area contributed by atoms with Crippen molar-refractivity contribution in [2.24, 2.45) is 0 Å². The maximum absolute atomic E-state index is 13.9. The highest BCUT2D eigenvalue weighted by Gasteiger charge is 2.46. The van der Waals surface area contributed by atoms with Crippen molar-refractivity contribution in [3.63, 3.8) is 0 Å². The van der Waals surface area contributed by atoms with E-state index < -0.39 is 40.5 Å². The number of benzene rings is 2. The molecule has 0 saturated carbocycles. The first kappa shape index (κ1) is 19.5. The van der Waals surface area contributed by atoms with Gasteiger partial charge in [0.15, 0.2) is 0 Å². The molecule has 154 valence electrons. The van der Waals surface area contributed by atoms with Crippen molar-refractivity contribution in [2.75, 3.05) is 10.2 Å². The molecule has 0 aliphatic heterocycles. The van der Waals surface area contributed by atoms with E-state index in [4.69, 9.17) is 0 Å². The van der Waals surface area contributed by atoms with Gasteiger partial charge in [-0.3, -0.25) is 9.59 Å². The Labute approximate surface area is 167 Å². The Morgan fingerprint density at radius 1 is 1.10 bits per heavy atom. The Bertz CT molecular complexity index is 1270. The number of phenolic OH excluding ortho intramolecular Hbond substituents is 1. The third-order valence-corrected chi connectivity index (χ3v) is 4.68. The number of aromatic nitrogens is 2. The van der Waals surface area contributed by atoms with E-state index in [-0.39, 0.29) is 16.2 Å². The number of hydrogen-bond donors (Lipinski definition) is 3. The Balaban J connectivity index is 1.77. The second-order valence-corrected chi connectivity index (χ2v) is 6.72. The number of halogens is 3. The van der Waals surface area contributed by atoms with Crippen molar-refractivity contribution < 1.29 is 18.3 Å². The Hall–Kier alpha value is -3.82. The average Bonchev–Trinajstić information content (AvgIpc) is 3.12. The fraction of sp³-hybridized carbons (Fsp3) is 0.150. The number of imidazole rings is 1. The molecule has 10 heteroatoms. The number of alkyl halides is 3. The number of nitrogens with zero attached hydrogens (tertiary/aromatic N) is 2.